The molecule has 21 heavy (non-hydrogen) atoms. The standard InChI is InChI=1S/C12H20N4O3S2/c1-9(2)3-6-19-7-4-14-21(17,18)11-10(13)15-12-16(11)5-8-20-12/h5,8-9,14H,3-4,6-7,13H2,1-2H3. The highest BCUT2D eigenvalue weighted by molar-refractivity contribution is 7.89. The fraction of sp³-hybridized carbons (Fsp3) is 0.583. The SMILES string of the molecule is CC(C)CCOCCNS(=O)(=O)c1c(N)nc2sccn12. The number of nitrogen functional groups attached to an aromatic ring is 1. The molecule has 0 radical (unpaired) electrons. The van der Waals surface area contributed by atoms with Crippen molar-refractivity contribution in [1.82, 2.24) is 14.1 Å². The third-order valence-electron chi connectivity index (χ3n) is 2.88. The maximum Gasteiger partial charge on any atom is 0.260 e. The van der Waals surface area contributed by atoms with Gasteiger partial charge in [-0.15, -0.1) is 11.3 Å². The molecule has 7 nitrogen and oxygen atoms in total. The van der Waals surface area contributed by atoms with Crippen LogP contribution >= 0.6 is 11.3 Å². The van der Waals surface area contributed by atoms with E-state index in [4.69, 9.17) is 10.5 Å². The van der Waals surface area contributed by atoms with Crippen LogP contribution in [0.5, 0.6) is 0 Å². The summed E-state index contributed by atoms with van der Waals surface area (Å²) in [7, 11) is -3.70. The van der Waals surface area contributed by atoms with E-state index in [2.05, 4.69) is 23.6 Å². The average Bonchev–Trinajstić information content (AvgIpc) is 2.92. The van der Waals surface area contributed by atoms with Crippen molar-refractivity contribution in [2.75, 3.05) is 25.5 Å². The van der Waals surface area contributed by atoms with Gasteiger partial charge in [-0.1, -0.05) is 13.8 Å². The van der Waals surface area contributed by atoms with E-state index < -0.39 is 10.0 Å². The largest absolute Gasteiger partial charge is 0.381 e. The molecule has 2 rings (SSSR count). The lowest BCUT2D eigenvalue weighted by molar-refractivity contribution is 0.128. The van der Waals surface area contributed by atoms with Crippen molar-refractivity contribution in [2.24, 2.45) is 5.92 Å². The molecule has 9 heteroatoms. The zero-order chi connectivity index (χ0) is 15.5. The minimum Gasteiger partial charge on any atom is -0.381 e. The molecular formula is C12H20N4O3S2. The van der Waals surface area contributed by atoms with Gasteiger partial charge in [-0.3, -0.25) is 4.40 Å². The fourth-order valence-corrected chi connectivity index (χ4v) is 3.78. The number of hydrogen-bond acceptors (Lipinski definition) is 6. The lowest BCUT2D eigenvalue weighted by atomic mass is 10.1. The van der Waals surface area contributed by atoms with Gasteiger partial charge in [0.05, 0.1) is 6.61 Å². The highest BCUT2D eigenvalue weighted by Crippen LogP contribution is 2.22. The van der Waals surface area contributed by atoms with Gasteiger partial charge in [0.1, 0.15) is 0 Å². The van der Waals surface area contributed by atoms with Gasteiger partial charge in [0.15, 0.2) is 15.8 Å². The summed E-state index contributed by atoms with van der Waals surface area (Å²) < 4.78 is 33.9. The Labute approximate surface area is 128 Å². The molecule has 2 heterocycles. The number of thiazole rings is 1. The van der Waals surface area contributed by atoms with Gasteiger partial charge in [-0.2, -0.15) is 0 Å². The van der Waals surface area contributed by atoms with Gasteiger partial charge in [-0.25, -0.2) is 18.1 Å². The van der Waals surface area contributed by atoms with Crippen LogP contribution in [0.25, 0.3) is 4.96 Å². The van der Waals surface area contributed by atoms with Crippen LogP contribution in [0, 0.1) is 5.92 Å². The quantitative estimate of drug-likeness (QED) is 0.710. The predicted octanol–water partition coefficient (Wildman–Crippen LogP) is 1.32. The van der Waals surface area contributed by atoms with Gasteiger partial charge >= 0.3 is 0 Å². The minimum absolute atomic E-state index is 0.00933. The van der Waals surface area contributed by atoms with E-state index in [0.29, 0.717) is 24.1 Å². The number of ether oxygens (including phenoxy) is 1. The molecule has 0 aliphatic rings. The number of aromatic nitrogens is 2. The van der Waals surface area contributed by atoms with E-state index in [1.165, 1.54) is 15.7 Å². The van der Waals surface area contributed by atoms with Crippen molar-refractivity contribution in [3.05, 3.63) is 11.6 Å². The first-order chi connectivity index (χ1) is 9.92. The number of imidazole rings is 1. The molecular weight excluding hydrogens is 312 g/mol. The molecule has 0 unspecified atom stereocenters. The first kappa shape index (κ1) is 16.2. The molecule has 3 N–H and O–H groups in total. The summed E-state index contributed by atoms with van der Waals surface area (Å²) in [6, 6.07) is 0. The van der Waals surface area contributed by atoms with Gasteiger partial charge in [-0.05, 0) is 12.3 Å². The Morgan fingerprint density at radius 3 is 2.95 bits per heavy atom. The van der Waals surface area contributed by atoms with Crippen LogP contribution in [-0.4, -0.2) is 37.6 Å². The highest BCUT2D eigenvalue weighted by atomic mass is 32.2. The molecule has 2 aromatic heterocycles. The molecule has 0 amide bonds. The molecule has 0 aliphatic carbocycles. The molecule has 2 aromatic rings. The molecule has 0 saturated carbocycles. The number of nitrogens with two attached hydrogens (primary N) is 1. The average molecular weight is 332 g/mol. The second kappa shape index (κ2) is 6.73. The zero-order valence-electron chi connectivity index (χ0n) is 12.1. The van der Waals surface area contributed by atoms with E-state index in [1.807, 2.05) is 0 Å². The molecule has 0 saturated heterocycles. The molecule has 0 aliphatic heterocycles. The molecule has 0 fully saturated rings. The summed E-state index contributed by atoms with van der Waals surface area (Å²) in [6.07, 6.45) is 2.59. The van der Waals surface area contributed by atoms with E-state index >= 15 is 0 Å². The first-order valence-corrected chi connectivity index (χ1v) is 9.06. The number of nitrogens with one attached hydrogen (secondary N) is 1. The van der Waals surface area contributed by atoms with Crippen LogP contribution in [-0.2, 0) is 14.8 Å². The van der Waals surface area contributed by atoms with E-state index in [9.17, 15) is 8.42 Å². The van der Waals surface area contributed by atoms with Gasteiger partial charge in [0.25, 0.3) is 10.0 Å². The van der Waals surface area contributed by atoms with Gasteiger partial charge < -0.3 is 10.5 Å². The lowest BCUT2D eigenvalue weighted by Gasteiger charge is -2.08. The second-order valence-corrected chi connectivity index (χ2v) is 7.61. The normalized spacial score (nSPS) is 12.5. The van der Waals surface area contributed by atoms with Crippen LogP contribution in [0.3, 0.4) is 0 Å². The van der Waals surface area contributed by atoms with Crippen molar-refractivity contribution in [2.45, 2.75) is 25.3 Å². The molecule has 0 atom stereocenters. The smallest absolute Gasteiger partial charge is 0.260 e. The Kier molecular flexibility index (Phi) is 5.20. The summed E-state index contributed by atoms with van der Waals surface area (Å²) in [5.74, 6) is 0.579. The van der Waals surface area contributed by atoms with Gasteiger partial charge in [0, 0.05) is 24.7 Å². The van der Waals surface area contributed by atoms with Crippen LogP contribution in [0.4, 0.5) is 5.82 Å². The number of anilines is 1. The Morgan fingerprint density at radius 2 is 2.24 bits per heavy atom. The van der Waals surface area contributed by atoms with Crippen molar-refractivity contribution >= 4 is 32.1 Å². The van der Waals surface area contributed by atoms with Crippen molar-refractivity contribution < 1.29 is 13.2 Å². The van der Waals surface area contributed by atoms with E-state index in [0.717, 1.165) is 6.42 Å². The predicted molar refractivity (Wildman–Crippen MR) is 82.9 cm³/mol. The summed E-state index contributed by atoms with van der Waals surface area (Å²) in [5, 5.41) is 1.75. The summed E-state index contributed by atoms with van der Waals surface area (Å²) >= 11 is 1.33. The molecule has 0 bridgehead atoms. The monoisotopic (exact) mass is 332 g/mol. The highest BCUT2D eigenvalue weighted by Gasteiger charge is 2.23. The molecule has 0 spiro atoms. The summed E-state index contributed by atoms with van der Waals surface area (Å²) in [4.78, 5) is 4.58. The molecule has 0 aromatic carbocycles. The topological polar surface area (TPSA) is 98.7 Å². The zero-order valence-corrected chi connectivity index (χ0v) is 13.7. The Hall–Kier alpha value is -1.16. The molecule has 118 valence electrons. The number of rotatable bonds is 8. The number of sulfonamides is 1. The van der Waals surface area contributed by atoms with Crippen molar-refractivity contribution in [3.63, 3.8) is 0 Å². The first-order valence-electron chi connectivity index (χ1n) is 6.70. The Morgan fingerprint density at radius 1 is 1.48 bits per heavy atom. The maximum absolute atomic E-state index is 12.3. The third kappa shape index (κ3) is 3.94. The van der Waals surface area contributed by atoms with Crippen LogP contribution < -0.4 is 10.5 Å². The number of nitrogens with zero attached hydrogens (tertiary/aromatic N) is 2. The summed E-state index contributed by atoms with van der Waals surface area (Å²) in [6.45, 7) is 5.39. The third-order valence-corrected chi connectivity index (χ3v) is 5.13. The fourth-order valence-electron chi connectivity index (χ4n) is 1.79. The van der Waals surface area contributed by atoms with E-state index in [1.54, 1.807) is 11.6 Å². The lowest BCUT2D eigenvalue weighted by Crippen LogP contribution is -2.29. The van der Waals surface area contributed by atoms with Crippen molar-refractivity contribution in [3.8, 4) is 0 Å². The minimum atomic E-state index is -3.70. The Bertz CT molecular complexity index is 690. The number of hydrogen-bond donors (Lipinski definition) is 2. The second-order valence-electron chi connectivity index (χ2n) is 5.05. The number of fused-ring (bicyclic) bond motifs is 1. The van der Waals surface area contributed by atoms with Crippen LogP contribution in [0.1, 0.15) is 20.3 Å². The van der Waals surface area contributed by atoms with Crippen LogP contribution in [0.2, 0.25) is 0 Å². The van der Waals surface area contributed by atoms with Crippen molar-refractivity contribution in [1.29, 1.82) is 0 Å². The van der Waals surface area contributed by atoms with Gasteiger partial charge in [0.2, 0.25) is 0 Å². The van der Waals surface area contributed by atoms with Crippen LogP contribution in [0.15, 0.2) is 16.6 Å². The van der Waals surface area contributed by atoms with E-state index in [-0.39, 0.29) is 17.4 Å². The Balaban J connectivity index is 1.93. The summed E-state index contributed by atoms with van der Waals surface area (Å²) in [5.41, 5.74) is 5.69. The maximum atomic E-state index is 12.3.